The molecule has 1 aliphatic heterocycles. The number of rotatable bonds is 12. The van der Waals surface area contributed by atoms with Crippen molar-refractivity contribution in [1.29, 1.82) is 0 Å². The molecule has 3 aromatic heterocycles. The van der Waals surface area contributed by atoms with Gasteiger partial charge in [-0.2, -0.15) is 0 Å². The van der Waals surface area contributed by atoms with Crippen LogP contribution in [0.3, 0.4) is 0 Å². The summed E-state index contributed by atoms with van der Waals surface area (Å²) in [5, 5.41) is 2.65. The Kier molecular flexibility index (Phi) is 10.2. The molecule has 0 spiro atoms. The summed E-state index contributed by atoms with van der Waals surface area (Å²) in [6.07, 6.45) is 3.06. The summed E-state index contributed by atoms with van der Waals surface area (Å²) < 4.78 is 30.4. The SMILES string of the molecule is CCCn1c(=O)c2[nH]c(-c3ccc(N(CCCN4CCc5ccccc5C4=O)C(=O)c4ccc(F)c(F)c4)nc3)nc2n(CCNC(C)=O)c1=O. The van der Waals surface area contributed by atoms with Gasteiger partial charge in [-0.25, -0.2) is 23.5 Å². The molecule has 0 fully saturated rings. The van der Waals surface area contributed by atoms with E-state index in [-0.39, 0.29) is 66.4 Å². The van der Waals surface area contributed by atoms with E-state index >= 15 is 0 Å². The van der Waals surface area contributed by atoms with Gasteiger partial charge in [0.2, 0.25) is 5.91 Å². The largest absolute Gasteiger partial charge is 0.355 e. The maximum absolute atomic E-state index is 14.2. The summed E-state index contributed by atoms with van der Waals surface area (Å²) in [5.41, 5.74) is 1.14. The average Bonchev–Trinajstić information content (AvgIpc) is 3.57. The fraction of sp³-hybridized carbons (Fsp3) is 0.306. The number of aromatic amines is 1. The van der Waals surface area contributed by atoms with Crippen molar-refractivity contribution in [3.63, 3.8) is 0 Å². The molecule has 4 heterocycles. The Hall–Kier alpha value is -5.99. The number of imidazole rings is 1. The third kappa shape index (κ3) is 7.18. The molecule has 2 aromatic carbocycles. The van der Waals surface area contributed by atoms with Crippen molar-refractivity contribution < 1.29 is 23.2 Å². The molecule has 0 unspecified atom stereocenters. The molecule has 264 valence electrons. The Labute approximate surface area is 290 Å². The van der Waals surface area contributed by atoms with E-state index in [0.29, 0.717) is 43.5 Å². The number of fused-ring (bicyclic) bond motifs is 2. The van der Waals surface area contributed by atoms with Crippen LogP contribution in [0.15, 0.2) is 70.4 Å². The number of aromatic nitrogens is 5. The van der Waals surface area contributed by atoms with Crippen molar-refractivity contribution in [2.45, 2.75) is 46.2 Å². The van der Waals surface area contributed by atoms with Crippen LogP contribution < -0.4 is 21.5 Å². The highest BCUT2D eigenvalue weighted by atomic mass is 19.2. The van der Waals surface area contributed by atoms with Crippen molar-refractivity contribution in [3.8, 4) is 11.4 Å². The third-order valence-corrected chi connectivity index (χ3v) is 8.72. The highest BCUT2D eigenvalue weighted by molar-refractivity contribution is 6.05. The number of amides is 3. The molecule has 1 aliphatic rings. The van der Waals surface area contributed by atoms with Crippen LogP contribution in [0, 0.1) is 11.6 Å². The maximum atomic E-state index is 14.2. The van der Waals surface area contributed by atoms with Crippen LogP contribution >= 0.6 is 0 Å². The Morgan fingerprint density at radius 1 is 0.980 bits per heavy atom. The quantitative estimate of drug-likeness (QED) is 0.202. The normalized spacial score (nSPS) is 12.6. The number of anilines is 1. The predicted molar refractivity (Wildman–Crippen MR) is 186 cm³/mol. The Morgan fingerprint density at radius 2 is 1.78 bits per heavy atom. The van der Waals surface area contributed by atoms with Crippen LogP contribution in [-0.4, -0.2) is 72.9 Å². The molecule has 6 rings (SSSR count). The summed E-state index contributed by atoms with van der Waals surface area (Å²) >= 11 is 0. The zero-order chi connectivity index (χ0) is 36.2. The molecular formula is C36H36F2N8O5. The number of hydrogen-bond donors (Lipinski definition) is 2. The lowest BCUT2D eigenvalue weighted by molar-refractivity contribution is -0.119. The second-order valence-electron chi connectivity index (χ2n) is 12.2. The zero-order valence-electron chi connectivity index (χ0n) is 28.1. The van der Waals surface area contributed by atoms with Crippen molar-refractivity contribution in [1.82, 2.24) is 34.3 Å². The van der Waals surface area contributed by atoms with E-state index in [0.717, 1.165) is 22.3 Å². The van der Waals surface area contributed by atoms with Crippen LogP contribution in [0.1, 0.15) is 53.0 Å². The molecule has 0 aliphatic carbocycles. The van der Waals surface area contributed by atoms with E-state index in [2.05, 4.69) is 20.3 Å². The number of carbonyl (C=O) groups excluding carboxylic acids is 3. The highest BCUT2D eigenvalue weighted by Crippen LogP contribution is 2.24. The molecule has 0 atom stereocenters. The van der Waals surface area contributed by atoms with Crippen LogP contribution in [0.4, 0.5) is 14.6 Å². The smallest absolute Gasteiger partial charge is 0.332 e. The predicted octanol–water partition coefficient (Wildman–Crippen LogP) is 3.51. The molecule has 3 amide bonds. The molecule has 0 saturated heterocycles. The number of nitrogens with zero attached hydrogens (tertiary/aromatic N) is 6. The first kappa shape index (κ1) is 34.9. The first-order chi connectivity index (χ1) is 24.6. The molecular weight excluding hydrogens is 662 g/mol. The highest BCUT2D eigenvalue weighted by Gasteiger charge is 2.26. The number of halogens is 2. The van der Waals surface area contributed by atoms with Crippen molar-refractivity contribution in [3.05, 3.63) is 110 Å². The topological polar surface area (TPSA) is 155 Å². The Bertz CT molecular complexity index is 2250. The van der Waals surface area contributed by atoms with Gasteiger partial charge in [0.1, 0.15) is 17.2 Å². The summed E-state index contributed by atoms with van der Waals surface area (Å²) in [5.74, 6) is -2.78. The van der Waals surface area contributed by atoms with Gasteiger partial charge >= 0.3 is 5.69 Å². The van der Waals surface area contributed by atoms with E-state index in [1.54, 1.807) is 23.1 Å². The Balaban J connectivity index is 1.29. The molecule has 5 aromatic rings. The van der Waals surface area contributed by atoms with Gasteiger partial charge in [-0.15, -0.1) is 0 Å². The van der Waals surface area contributed by atoms with Crippen LogP contribution in [0.2, 0.25) is 0 Å². The summed E-state index contributed by atoms with van der Waals surface area (Å²) in [4.78, 5) is 79.9. The van der Waals surface area contributed by atoms with Crippen LogP contribution in [-0.2, 0) is 24.3 Å². The average molecular weight is 699 g/mol. The second-order valence-corrected chi connectivity index (χ2v) is 12.2. The first-order valence-corrected chi connectivity index (χ1v) is 16.7. The van der Waals surface area contributed by atoms with E-state index in [1.807, 2.05) is 25.1 Å². The van der Waals surface area contributed by atoms with Gasteiger partial charge < -0.3 is 15.2 Å². The molecule has 0 bridgehead atoms. The summed E-state index contributed by atoms with van der Waals surface area (Å²) in [6.45, 7) is 4.62. The monoisotopic (exact) mass is 698 g/mol. The van der Waals surface area contributed by atoms with E-state index in [4.69, 9.17) is 0 Å². The number of H-pyrrole nitrogens is 1. The first-order valence-electron chi connectivity index (χ1n) is 16.7. The minimum Gasteiger partial charge on any atom is -0.355 e. The number of pyridine rings is 1. The molecule has 0 radical (unpaired) electrons. The fourth-order valence-corrected chi connectivity index (χ4v) is 6.17. The zero-order valence-corrected chi connectivity index (χ0v) is 28.1. The minimum absolute atomic E-state index is 0.0803. The van der Waals surface area contributed by atoms with Gasteiger partial charge in [-0.1, -0.05) is 25.1 Å². The number of nitrogens with one attached hydrogen (secondary N) is 2. The van der Waals surface area contributed by atoms with E-state index in [1.165, 1.54) is 28.7 Å². The lowest BCUT2D eigenvalue weighted by Crippen LogP contribution is -2.41. The molecule has 15 heteroatoms. The van der Waals surface area contributed by atoms with E-state index in [9.17, 15) is 32.8 Å². The van der Waals surface area contributed by atoms with Gasteiger partial charge in [0.15, 0.2) is 17.3 Å². The maximum Gasteiger partial charge on any atom is 0.332 e. The molecule has 0 saturated carbocycles. The number of carbonyl (C=O) groups is 3. The molecule has 13 nitrogen and oxygen atoms in total. The lowest BCUT2D eigenvalue weighted by atomic mass is 9.99. The fourth-order valence-electron chi connectivity index (χ4n) is 6.17. The molecule has 2 N–H and O–H groups in total. The summed E-state index contributed by atoms with van der Waals surface area (Å²) in [6, 6.07) is 13.5. The minimum atomic E-state index is -1.17. The van der Waals surface area contributed by atoms with Crippen molar-refractivity contribution in [2.75, 3.05) is 31.1 Å². The van der Waals surface area contributed by atoms with Crippen LogP contribution in [0.25, 0.3) is 22.6 Å². The van der Waals surface area contributed by atoms with Gasteiger partial charge in [0.05, 0.1) is 0 Å². The van der Waals surface area contributed by atoms with Gasteiger partial charge in [-0.3, -0.25) is 33.2 Å². The van der Waals surface area contributed by atoms with Gasteiger partial charge in [-0.05, 0) is 61.2 Å². The standard InChI is InChI=1S/C36H36F2N8O5/c1-3-15-46-35(50)30-32(45(36(46)51)19-14-39-22(2)47)42-31(41-30)25-10-12-29(40-21-25)44(33(48)24-9-11-27(37)28(38)20-24)17-6-16-43-18-13-23-7-4-5-8-26(23)34(43)49/h4-5,7-12,20-21H,3,6,13-19H2,1-2H3,(H,39,47)(H,41,42). The third-order valence-electron chi connectivity index (χ3n) is 8.72. The number of hydrogen-bond acceptors (Lipinski definition) is 7. The Morgan fingerprint density at radius 3 is 2.51 bits per heavy atom. The molecule has 51 heavy (non-hydrogen) atoms. The van der Waals surface area contributed by atoms with Gasteiger partial charge in [0, 0.05) is 69.1 Å². The number of benzene rings is 2. The van der Waals surface area contributed by atoms with Crippen molar-refractivity contribution in [2.24, 2.45) is 0 Å². The summed E-state index contributed by atoms with van der Waals surface area (Å²) in [7, 11) is 0. The lowest BCUT2D eigenvalue weighted by Gasteiger charge is -2.29. The second kappa shape index (κ2) is 14.9. The van der Waals surface area contributed by atoms with E-state index < -0.39 is 28.8 Å². The van der Waals surface area contributed by atoms with Crippen molar-refractivity contribution >= 4 is 34.7 Å². The van der Waals surface area contributed by atoms with Crippen LogP contribution in [0.5, 0.6) is 0 Å². The van der Waals surface area contributed by atoms with Gasteiger partial charge in [0.25, 0.3) is 17.4 Å².